The monoisotopic (exact) mass is 556 g/mol. The Morgan fingerprint density at radius 1 is 1.00 bits per heavy atom. The molecule has 2 aromatic carbocycles. The molecule has 1 aliphatic heterocycles. The number of nitrogens with zero attached hydrogens (tertiary/aromatic N) is 5. The number of carbonyl (C=O) groups is 2. The Balaban J connectivity index is 1.23. The van der Waals surface area contributed by atoms with Crippen LogP contribution in [0.25, 0.3) is 16.8 Å². The van der Waals surface area contributed by atoms with Crippen LogP contribution in [0, 0.1) is 6.92 Å². The predicted molar refractivity (Wildman–Crippen MR) is 157 cm³/mol. The van der Waals surface area contributed by atoms with Crippen molar-refractivity contribution in [3.8, 4) is 11.3 Å². The predicted octanol–water partition coefficient (Wildman–Crippen LogP) is 5.19. The van der Waals surface area contributed by atoms with Gasteiger partial charge in [-0.1, -0.05) is 42.5 Å². The van der Waals surface area contributed by atoms with Crippen LogP contribution in [0.2, 0.25) is 0 Å². The van der Waals surface area contributed by atoms with Crippen LogP contribution >= 0.6 is 0 Å². The fourth-order valence-electron chi connectivity index (χ4n) is 4.79. The summed E-state index contributed by atoms with van der Waals surface area (Å²) in [5, 5.41) is 7.25. The number of aryl methyl sites for hydroxylation is 1. The van der Waals surface area contributed by atoms with E-state index in [1.54, 1.807) is 11.2 Å². The van der Waals surface area contributed by atoms with Crippen molar-refractivity contribution in [1.29, 1.82) is 0 Å². The SMILES string of the molecule is Cc1cc(-c2ncnn3cc(N4CCN(C(=O)OCc5ccccc5)CC4)cc23)ccc1CNC(=O)OC(C)(C)C. The molecule has 0 bridgehead atoms. The van der Waals surface area contributed by atoms with Gasteiger partial charge in [0.2, 0.25) is 0 Å². The molecule has 0 unspecified atom stereocenters. The zero-order valence-corrected chi connectivity index (χ0v) is 24.0. The lowest BCUT2D eigenvalue weighted by molar-refractivity contribution is 0.0523. The molecule has 3 heterocycles. The molecular weight excluding hydrogens is 520 g/mol. The summed E-state index contributed by atoms with van der Waals surface area (Å²) >= 11 is 0. The van der Waals surface area contributed by atoms with Gasteiger partial charge in [0, 0.05) is 38.3 Å². The Kier molecular flexibility index (Phi) is 8.09. The van der Waals surface area contributed by atoms with E-state index in [2.05, 4.69) is 32.4 Å². The lowest BCUT2D eigenvalue weighted by Gasteiger charge is -2.34. The van der Waals surface area contributed by atoms with Crippen LogP contribution in [0.3, 0.4) is 0 Å². The molecule has 2 amide bonds. The van der Waals surface area contributed by atoms with Gasteiger partial charge in [0.05, 0.1) is 23.1 Å². The van der Waals surface area contributed by atoms with Gasteiger partial charge in [-0.25, -0.2) is 19.1 Å². The van der Waals surface area contributed by atoms with E-state index < -0.39 is 11.7 Å². The first kappa shape index (κ1) is 27.9. The second kappa shape index (κ2) is 11.9. The van der Waals surface area contributed by atoms with Crippen molar-refractivity contribution in [2.75, 3.05) is 31.1 Å². The molecule has 1 fully saturated rings. The van der Waals surface area contributed by atoms with Crippen LogP contribution < -0.4 is 10.2 Å². The maximum atomic E-state index is 12.6. The molecule has 2 aromatic heterocycles. The number of alkyl carbamates (subject to hydrolysis) is 1. The molecule has 1 N–H and O–H groups in total. The van der Waals surface area contributed by atoms with Crippen molar-refractivity contribution in [1.82, 2.24) is 24.8 Å². The number of rotatable bonds is 6. The molecule has 1 aliphatic rings. The summed E-state index contributed by atoms with van der Waals surface area (Å²) in [6.07, 6.45) is 2.82. The average Bonchev–Trinajstić information content (AvgIpc) is 3.40. The highest BCUT2D eigenvalue weighted by molar-refractivity contribution is 5.80. The van der Waals surface area contributed by atoms with Gasteiger partial charge in [0.25, 0.3) is 0 Å². The molecule has 0 saturated carbocycles. The second-order valence-electron chi connectivity index (χ2n) is 11.1. The first-order valence-corrected chi connectivity index (χ1v) is 13.8. The molecule has 0 radical (unpaired) electrons. The summed E-state index contributed by atoms with van der Waals surface area (Å²) < 4.78 is 12.7. The Bertz CT molecular complexity index is 1520. The van der Waals surface area contributed by atoms with E-state index in [4.69, 9.17) is 9.47 Å². The number of fused-ring (bicyclic) bond motifs is 1. The smallest absolute Gasteiger partial charge is 0.410 e. The molecular formula is C31H36N6O4. The molecule has 5 rings (SSSR count). The first-order chi connectivity index (χ1) is 19.7. The van der Waals surface area contributed by atoms with Crippen LogP contribution in [0.15, 0.2) is 67.1 Å². The standard InChI is InChI=1S/C31H36N6O4/c1-22-16-24(10-11-25(22)18-32-29(38)41-31(2,3)4)28-27-17-26(19-37(27)34-21-33-28)35-12-14-36(15-13-35)30(39)40-20-23-8-6-5-7-9-23/h5-11,16-17,19,21H,12-15,18,20H2,1-4H3,(H,32,38). The fraction of sp³-hybridized carbons (Fsp3) is 0.355. The van der Waals surface area contributed by atoms with E-state index in [0.29, 0.717) is 32.7 Å². The molecule has 4 aromatic rings. The van der Waals surface area contributed by atoms with Gasteiger partial charge in [-0.3, -0.25) is 0 Å². The summed E-state index contributed by atoms with van der Waals surface area (Å²) in [6.45, 7) is 10.7. The Morgan fingerprint density at radius 3 is 2.46 bits per heavy atom. The number of ether oxygens (including phenoxy) is 2. The Hall–Kier alpha value is -4.60. The number of benzene rings is 2. The van der Waals surface area contributed by atoms with Crippen molar-refractivity contribution >= 4 is 23.4 Å². The van der Waals surface area contributed by atoms with Gasteiger partial charge in [-0.15, -0.1) is 0 Å². The van der Waals surface area contributed by atoms with Crippen molar-refractivity contribution < 1.29 is 19.1 Å². The van der Waals surface area contributed by atoms with Crippen LogP contribution in [-0.4, -0.2) is 63.5 Å². The number of anilines is 1. The van der Waals surface area contributed by atoms with E-state index in [0.717, 1.165) is 39.2 Å². The minimum absolute atomic E-state index is 0.271. The molecule has 41 heavy (non-hydrogen) atoms. The molecule has 214 valence electrons. The van der Waals surface area contributed by atoms with E-state index >= 15 is 0 Å². The Morgan fingerprint density at radius 2 is 1.76 bits per heavy atom. The van der Waals surface area contributed by atoms with Crippen molar-refractivity contribution in [2.24, 2.45) is 0 Å². The third kappa shape index (κ3) is 6.95. The van der Waals surface area contributed by atoms with Crippen LogP contribution in [0.4, 0.5) is 15.3 Å². The zero-order chi connectivity index (χ0) is 29.0. The quantitative estimate of drug-likeness (QED) is 0.349. The highest BCUT2D eigenvalue weighted by Crippen LogP contribution is 2.29. The van der Waals surface area contributed by atoms with Gasteiger partial charge >= 0.3 is 12.2 Å². The molecule has 0 atom stereocenters. The molecule has 0 spiro atoms. The average molecular weight is 557 g/mol. The third-order valence-corrected chi connectivity index (χ3v) is 6.94. The van der Waals surface area contributed by atoms with Gasteiger partial charge in [-0.05, 0) is 56.5 Å². The largest absolute Gasteiger partial charge is 0.445 e. The van der Waals surface area contributed by atoms with E-state index in [9.17, 15) is 9.59 Å². The van der Waals surface area contributed by atoms with Crippen LogP contribution in [-0.2, 0) is 22.6 Å². The topological polar surface area (TPSA) is 101 Å². The maximum absolute atomic E-state index is 12.6. The van der Waals surface area contributed by atoms with Crippen LogP contribution in [0.1, 0.15) is 37.5 Å². The Labute approximate surface area is 239 Å². The molecule has 0 aliphatic carbocycles. The zero-order valence-electron chi connectivity index (χ0n) is 24.0. The van der Waals surface area contributed by atoms with Gasteiger partial charge in [-0.2, -0.15) is 5.10 Å². The highest BCUT2D eigenvalue weighted by Gasteiger charge is 2.24. The van der Waals surface area contributed by atoms with Crippen molar-refractivity contribution in [3.63, 3.8) is 0 Å². The summed E-state index contributed by atoms with van der Waals surface area (Å²) in [7, 11) is 0. The van der Waals surface area contributed by atoms with E-state index in [-0.39, 0.29) is 12.7 Å². The summed E-state index contributed by atoms with van der Waals surface area (Å²) in [5.74, 6) is 0. The van der Waals surface area contributed by atoms with E-state index in [1.165, 1.54) is 0 Å². The number of amides is 2. The third-order valence-electron chi connectivity index (χ3n) is 6.94. The lowest BCUT2D eigenvalue weighted by Crippen LogP contribution is -2.48. The number of hydrogen-bond donors (Lipinski definition) is 1. The second-order valence-corrected chi connectivity index (χ2v) is 11.1. The minimum atomic E-state index is -0.542. The van der Waals surface area contributed by atoms with Gasteiger partial charge in [0.1, 0.15) is 18.5 Å². The fourth-order valence-corrected chi connectivity index (χ4v) is 4.79. The number of carbonyl (C=O) groups excluding carboxylic acids is 2. The highest BCUT2D eigenvalue weighted by atomic mass is 16.6. The number of aromatic nitrogens is 3. The molecule has 1 saturated heterocycles. The summed E-state index contributed by atoms with van der Waals surface area (Å²) in [6, 6.07) is 17.9. The first-order valence-electron chi connectivity index (χ1n) is 13.8. The number of nitrogens with one attached hydrogen (secondary N) is 1. The van der Waals surface area contributed by atoms with Gasteiger partial charge < -0.3 is 24.6 Å². The van der Waals surface area contributed by atoms with E-state index in [1.807, 2.05) is 80.9 Å². The number of piperazine rings is 1. The van der Waals surface area contributed by atoms with Gasteiger partial charge in [0.15, 0.2) is 0 Å². The van der Waals surface area contributed by atoms with Crippen LogP contribution in [0.5, 0.6) is 0 Å². The maximum Gasteiger partial charge on any atom is 0.410 e. The minimum Gasteiger partial charge on any atom is -0.445 e. The normalized spacial score (nSPS) is 13.8. The number of hydrogen-bond acceptors (Lipinski definition) is 7. The summed E-state index contributed by atoms with van der Waals surface area (Å²) in [5.41, 5.74) is 6.18. The molecule has 10 nitrogen and oxygen atoms in total. The molecule has 10 heteroatoms. The van der Waals surface area contributed by atoms with Crippen molar-refractivity contribution in [3.05, 3.63) is 83.8 Å². The van der Waals surface area contributed by atoms with Crippen molar-refractivity contribution in [2.45, 2.75) is 46.4 Å². The summed E-state index contributed by atoms with van der Waals surface area (Å²) in [4.78, 5) is 33.2. The lowest BCUT2D eigenvalue weighted by atomic mass is 10.0.